The molecule has 0 aromatic heterocycles. The van der Waals surface area contributed by atoms with Crippen LogP contribution in [-0.4, -0.2) is 23.0 Å². The molecule has 5 heteroatoms. The van der Waals surface area contributed by atoms with Crippen molar-refractivity contribution in [2.24, 2.45) is 0 Å². The number of nitrogens with one attached hydrogen (secondary N) is 2. The smallest absolute Gasteiger partial charge is 0.320 e. The molecule has 2 aromatic carbocycles. The van der Waals surface area contributed by atoms with Crippen molar-refractivity contribution in [2.75, 3.05) is 5.32 Å². The summed E-state index contributed by atoms with van der Waals surface area (Å²) in [6.07, 6.45) is 1.17. The van der Waals surface area contributed by atoms with Crippen molar-refractivity contribution in [3.05, 3.63) is 65.7 Å². The zero-order valence-electron chi connectivity index (χ0n) is 14.5. The molecule has 0 fully saturated rings. The monoisotopic (exact) mass is 340 g/mol. The lowest BCUT2D eigenvalue weighted by Crippen LogP contribution is -2.43. The van der Waals surface area contributed by atoms with E-state index in [9.17, 15) is 14.7 Å². The maximum atomic E-state index is 12.8. The normalized spacial score (nSPS) is 13.0. The zero-order valence-corrected chi connectivity index (χ0v) is 14.5. The van der Waals surface area contributed by atoms with Crippen molar-refractivity contribution in [1.29, 1.82) is 0 Å². The summed E-state index contributed by atoms with van der Waals surface area (Å²) in [4.78, 5) is 24.3. The first-order valence-electron chi connectivity index (χ1n) is 8.42. The van der Waals surface area contributed by atoms with Crippen molar-refractivity contribution in [1.82, 2.24) is 5.32 Å². The van der Waals surface area contributed by atoms with Crippen molar-refractivity contribution in [3.8, 4) is 0 Å². The van der Waals surface area contributed by atoms with Crippen molar-refractivity contribution < 1.29 is 14.7 Å². The predicted molar refractivity (Wildman–Crippen MR) is 98.5 cm³/mol. The summed E-state index contributed by atoms with van der Waals surface area (Å²) in [5.41, 5.74) is 2.51. The highest BCUT2D eigenvalue weighted by Gasteiger charge is 2.27. The van der Waals surface area contributed by atoms with Crippen LogP contribution in [0.25, 0.3) is 0 Å². The fourth-order valence-electron chi connectivity index (χ4n) is 2.59. The molecule has 25 heavy (non-hydrogen) atoms. The number of carbonyl (C=O) groups is 2. The van der Waals surface area contributed by atoms with Crippen molar-refractivity contribution in [3.63, 3.8) is 0 Å². The maximum absolute atomic E-state index is 12.8. The van der Waals surface area contributed by atoms with E-state index in [1.807, 2.05) is 68.4 Å². The van der Waals surface area contributed by atoms with Gasteiger partial charge in [-0.15, -0.1) is 0 Å². The van der Waals surface area contributed by atoms with E-state index < -0.39 is 18.1 Å². The summed E-state index contributed by atoms with van der Waals surface area (Å²) in [6.45, 7) is 3.89. The van der Waals surface area contributed by atoms with Crippen LogP contribution < -0.4 is 10.6 Å². The first-order valence-corrected chi connectivity index (χ1v) is 8.42. The Morgan fingerprint density at radius 3 is 2.24 bits per heavy atom. The summed E-state index contributed by atoms with van der Waals surface area (Å²) in [7, 11) is 0. The highest BCUT2D eigenvalue weighted by atomic mass is 16.4. The molecule has 5 nitrogen and oxygen atoms in total. The second kappa shape index (κ2) is 8.99. The molecule has 0 aliphatic heterocycles. The van der Waals surface area contributed by atoms with Crippen LogP contribution >= 0.6 is 0 Å². The Morgan fingerprint density at radius 2 is 1.68 bits per heavy atom. The molecule has 2 aromatic rings. The van der Waals surface area contributed by atoms with Gasteiger partial charge in [0.05, 0.1) is 0 Å². The first kappa shape index (κ1) is 18.7. The molecule has 0 aliphatic carbocycles. The Hall–Kier alpha value is -2.66. The molecule has 3 N–H and O–H groups in total. The lowest BCUT2D eigenvalue weighted by molar-refractivity contribution is -0.140. The fourth-order valence-corrected chi connectivity index (χ4v) is 2.59. The molecule has 0 saturated carbocycles. The molecule has 0 heterocycles. The van der Waals surface area contributed by atoms with Crippen LogP contribution in [0.3, 0.4) is 0 Å². The van der Waals surface area contributed by atoms with Gasteiger partial charge in [0, 0.05) is 5.69 Å². The number of amides is 1. The minimum atomic E-state index is -0.953. The topological polar surface area (TPSA) is 78.4 Å². The van der Waals surface area contributed by atoms with Crippen LogP contribution in [0.2, 0.25) is 0 Å². The number of carboxylic acid groups (broad SMARTS) is 1. The molecule has 2 atom stereocenters. The number of anilines is 1. The maximum Gasteiger partial charge on any atom is 0.320 e. The van der Waals surface area contributed by atoms with Gasteiger partial charge in [-0.2, -0.15) is 0 Å². The SMILES string of the molecule is CCCC(NC(C(=O)Nc1ccc(C)cc1)c1ccccc1)C(=O)O. The Labute approximate surface area is 148 Å². The summed E-state index contributed by atoms with van der Waals surface area (Å²) in [5, 5.41) is 15.3. The van der Waals surface area contributed by atoms with Gasteiger partial charge in [0.15, 0.2) is 0 Å². The molecule has 2 unspecified atom stereocenters. The lowest BCUT2D eigenvalue weighted by Gasteiger charge is -2.23. The number of carbonyl (C=O) groups excluding carboxylic acids is 1. The van der Waals surface area contributed by atoms with Gasteiger partial charge in [-0.3, -0.25) is 14.9 Å². The van der Waals surface area contributed by atoms with E-state index in [1.54, 1.807) is 0 Å². The Kier molecular flexibility index (Phi) is 6.71. The molecular formula is C20H24N2O3. The summed E-state index contributed by atoms with van der Waals surface area (Å²) < 4.78 is 0. The van der Waals surface area contributed by atoms with Crippen LogP contribution in [0.1, 0.15) is 36.9 Å². The van der Waals surface area contributed by atoms with Gasteiger partial charge in [0.1, 0.15) is 12.1 Å². The van der Waals surface area contributed by atoms with Gasteiger partial charge in [-0.25, -0.2) is 0 Å². The number of carboxylic acids is 1. The van der Waals surface area contributed by atoms with E-state index in [0.717, 1.165) is 11.1 Å². The van der Waals surface area contributed by atoms with Crippen molar-refractivity contribution >= 4 is 17.6 Å². The molecule has 132 valence electrons. The number of hydrogen-bond donors (Lipinski definition) is 3. The average Bonchev–Trinajstić information content (AvgIpc) is 2.61. The summed E-state index contributed by atoms with van der Waals surface area (Å²) >= 11 is 0. The number of rotatable bonds is 8. The second-order valence-corrected chi connectivity index (χ2v) is 6.05. The van der Waals surface area contributed by atoms with E-state index in [1.165, 1.54) is 0 Å². The standard InChI is InChI=1S/C20H24N2O3/c1-3-7-17(20(24)25)22-18(15-8-5-4-6-9-15)19(23)21-16-12-10-14(2)11-13-16/h4-6,8-13,17-18,22H,3,7H2,1-2H3,(H,21,23)(H,24,25). The highest BCUT2D eigenvalue weighted by Crippen LogP contribution is 2.18. The number of hydrogen-bond acceptors (Lipinski definition) is 3. The summed E-state index contributed by atoms with van der Waals surface area (Å²) in [5.74, 6) is -1.23. The third kappa shape index (κ3) is 5.43. The van der Waals surface area contributed by atoms with Gasteiger partial charge in [0.25, 0.3) is 0 Å². The predicted octanol–water partition coefficient (Wildman–Crippen LogP) is 3.52. The third-order valence-corrected chi connectivity index (χ3v) is 3.96. The van der Waals surface area contributed by atoms with Crippen LogP contribution in [0.15, 0.2) is 54.6 Å². The van der Waals surface area contributed by atoms with E-state index in [2.05, 4.69) is 10.6 Å². The van der Waals surface area contributed by atoms with Gasteiger partial charge in [-0.05, 0) is 31.0 Å². The van der Waals surface area contributed by atoms with E-state index in [4.69, 9.17) is 0 Å². The summed E-state index contributed by atoms with van der Waals surface area (Å²) in [6, 6.07) is 15.1. The van der Waals surface area contributed by atoms with E-state index >= 15 is 0 Å². The molecule has 0 aliphatic rings. The van der Waals surface area contributed by atoms with Gasteiger partial charge < -0.3 is 10.4 Å². The minimum absolute atomic E-state index is 0.280. The van der Waals surface area contributed by atoms with Crippen LogP contribution in [0, 0.1) is 6.92 Å². The fraction of sp³-hybridized carbons (Fsp3) is 0.300. The van der Waals surface area contributed by atoms with E-state index in [-0.39, 0.29) is 5.91 Å². The molecule has 0 radical (unpaired) electrons. The molecule has 0 saturated heterocycles. The molecule has 0 spiro atoms. The molecular weight excluding hydrogens is 316 g/mol. The largest absolute Gasteiger partial charge is 0.480 e. The molecule has 1 amide bonds. The number of benzene rings is 2. The van der Waals surface area contributed by atoms with Gasteiger partial charge in [-0.1, -0.05) is 61.4 Å². The van der Waals surface area contributed by atoms with Crippen LogP contribution in [-0.2, 0) is 9.59 Å². The number of aryl methyl sites for hydroxylation is 1. The van der Waals surface area contributed by atoms with Crippen molar-refractivity contribution in [2.45, 2.75) is 38.8 Å². The second-order valence-electron chi connectivity index (χ2n) is 6.05. The quantitative estimate of drug-likeness (QED) is 0.687. The Bertz CT molecular complexity index is 699. The highest BCUT2D eigenvalue weighted by molar-refractivity contribution is 5.96. The molecule has 2 rings (SSSR count). The van der Waals surface area contributed by atoms with Crippen LogP contribution in [0.5, 0.6) is 0 Å². The molecule has 0 bridgehead atoms. The Morgan fingerprint density at radius 1 is 1.04 bits per heavy atom. The first-order chi connectivity index (χ1) is 12.0. The average molecular weight is 340 g/mol. The Balaban J connectivity index is 2.22. The third-order valence-electron chi connectivity index (χ3n) is 3.96. The van der Waals surface area contributed by atoms with Crippen LogP contribution in [0.4, 0.5) is 5.69 Å². The zero-order chi connectivity index (χ0) is 18.2. The van der Waals surface area contributed by atoms with Gasteiger partial charge in [0.2, 0.25) is 5.91 Å². The van der Waals surface area contributed by atoms with Gasteiger partial charge >= 0.3 is 5.97 Å². The minimum Gasteiger partial charge on any atom is -0.480 e. The van der Waals surface area contributed by atoms with E-state index in [0.29, 0.717) is 18.5 Å². The lowest BCUT2D eigenvalue weighted by atomic mass is 10.0. The number of aliphatic carboxylic acids is 1.